The van der Waals surface area contributed by atoms with E-state index in [0.717, 1.165) is 0 Å². The first-order valence-corrected chi connectivity index (χ1v) is 16.4. The summed E-state index contributed by atoms with van der Waals surface area (Å²) < 4.78 is 50.4. The van der Waals surface area contributed by atoms with Gasteiger partial charge in [-0.25, -0.2) is 16.8 Å². The summed E-state index contributed by atoms with van der Waals surface area (Å²) in [5.74, 6) is 20.1. The summed E-state index contributed by atoms with van der Waals surface area (Å²) in [4.78, 5) is 23.4. The Morgan fingerprint density at radius 3 is 1.26 bits per heavy atom. The minimum Gasteiger partial charge on any atom is -0.273 e. The van der Waals surface area contributed by atoms with Gasteiger partial charge in [-0.3, -0.25) is 19.0 Å². The van der Waals surface area contributed by atoms with Crippen LogP contribution in [0.2, 0.25) is 0 Å². The average Bonchev–Trinajstić information content (AvgIpc) is 3.78. The van der Waals surface area contributed by atoms with Crippen LogP contribution in [0, 0.1) is 95.2 Å². The standard InChI is InChI=1S/2C10H15NO3S.C7H4.C6H2/c2*1-3-7-6-10(7,2)9(12)11-15(13,14)8-4-5-8;1-3-5-7-6-4-2;1-3-5-6-4-2/h2*3,7-8H,1,4-6H2,2H3,(H,11,12);1H,2H3;1-2H/t2*7-,10+;;/m11../s1. The second-order valence-corrected chi connectivity index (χ2v) is 14.5. The third-order valence-corrected chi connectivity index (χ3v) is 10.8. The predicted octanol–water partition coefficient (Wildman–Crippen LogP) is 2.52. The largest absolute Gasteiger partial charge is 0.273 e. The Morgan fingerprint density at radius 2 is 1.02 bits per heavy atom. The maximum Gasteiger partial charge on any atom is 0.239 e. The van der Waals surface area contributed by atoms with Crippen molar-refractivity contribution in [1.29, 1.82) is 0 Å². The van der Waals surface area contributed by atoms with Crippen LogP contribution in [0.5, 0.6) is 0 Å². The van der Waals surface area contributed by atoms with Crippen LogP contribution in [0.15, 0.2) is 25.3 Å². The molecule has 0 aromatic rings. The topological polar surface area (TPSA) is 126 Å². The number of sulfonamides is 2. The zero-order valence-corrected chi connectivity index (χ0v) is 26.3. The highest BCUT2D eigenvalue weighted by atomic mass is 32.2. The van der Waals surface area contributed by atoms with E-state index in [-0.39, 0.29) is 34.2 Å². The molecule has 0 radical (unpaired) electrons. The van der Waals surface area contributed by atoms with Crippen molar-refractivity contribution < 1.29 is 26.4 Å². The molecule has 0 heterocycles. The van der Waals surface area contributed by atoms with E-state index in [1.54, 1.807) is 32.9 Å². The molecule has 0 spiro atoms. The van der Waals surface area contributed by atoms with Gasteiger partial charge in [-0.15, -0.1) is 32.4 Å². The smallest absolute Gasteiger partial charge is 0.239 e. The fraction of sp³-hybridized carbons (Fsp3) is 0.455. The van der Waals surface area contributed by atoms with Gasteiger partial charge in [-0.1, -0.05) is 31.9 Å². The third kappa shape index (κ3) is 11.5. The summed E-state index contributed by atoms with van der Waals surface area (Å²) in [6.07, 6.45) is 21.7. The second kappa shape index (κ2) is 15.8. The number of amides is 2. The van der Waals surface area contributed by atoms with Gasteiger partial charge in [0.2, 0.25) is 31.9 Å². The number of nitrogens with one attached hydrogen (secondary N) is 2. The van der Waals surface area contributed by atoms with Crippen LogP contribution in [0.1, 0.15) is 59.3 Å². The SMILES string of the molecule is C#CC#CC#C.C#CC#CC#CC.C=C[C@@H]1C[C@]1(C)C(=O)NS(=O)(=O)C1CC1.C=C[C@@H]1C[C@]1(C)C(=O)NS(=O)(=O)C1CC1. The Hall–Kier alpha value is -4.32. The van der Waals surface area contributed by atoms with Gasteiger partial charge in [0.15, 0.2) is 0 Å². The van der Waals surface area contributed by atoms with Crippen LogP contribution in [0.4, 0.5) is 0 Å². The molecule has 43 heavy (non-hydrogen) atoms. The van der Waals surface area contributed by atoms with Crippen molar-refractivity contribution in [3.05, 3.63) is 25.3 Å². The van der Waals surface area contributed by atoms with Gasteiger partial charge < -0.3 is 0 Å². The molecule has 0 unspecified atom stereocenters. The molecule has 4 aliphatic carbocycles. The van der Waals surface area contributed by atoms with Gasteiger partial charge in [-0.2, -0.15) is 0 Å². The summed E-state index contributed by atoms with van der Waals surface area (Å²) in [5.41, 5.74) is -1.10. The van der Waals surface area contributed by atoms with Crippen molar-refractivity contribution >= 4 is 31.9 Å². The Bertz CT molecular complexity index is 1550. The number of terminal acetylenes is 3. The highest BCUT2D eigenvalue weighted by Crippen LogP contribution is 2.54. The summed E-state index contributed by atoms with van der Waals surface area (Å²) in [6, 6.07) is 0. The minimum atomic E-state index is -3.39. The monoisotopic (exact) mass is 620 g/mol. The lowest BCUT2D eigenvalue weighted by Crippen LogP contribution is -2.38. The van der Waals surface area contributed by atoms with E-state index in [4.69, 9.17) is 19.3 Å². The molecule has 4 rings (SSSR count). The van der Waals surface area contributed by atoms with Crippen LogP contribution in [-0.4, -0.2) is 39.1 Å². The maximum absolute atomic E-state index is 11.7. The van der Waals surface area contributed by atoms with Gasteiger partial charge >= 0.3 is 0 Å². The van der Waals surface area contributed by atoms with E-state index < -0.39 is 30.9 Å². The predicted molar refractivity (Wildman–Crippen MR) is 168 cm³/mol. The molecule has 4 atom stereocenters. The molecular formula is C33H36N2O6S2. The lowest BCUT2D eigenvalue weighted by molar-refractivity contribution is -0.125. The first-order chi connectivity index (χ1) is 20.1. The highest BCUT2D eigenvalue weighted by molar-refractivity contribution is 7.91. The van der Waals surface area contributed by atoms with E-state index in [1.807, 2.05) is 0 Å². The van der Waals surface area contributed by atoms with Crippen LogP contribution < -0.4 is 9.44 Å². The quantitative estimate of drug-likeness (QED) is 0.317. The van der Waals surface area contributed by atoms with E-state index in [1.165, 1.54) is 0 Å². The number of hydrogen-bond acceptors (Lipinski definition) is 6. The summed E-state index contributed by atoms with van der Waals surface area (Å²) >= 11 is 0. The van der Waals surface area contributed by atoms with Crippen molar-refractivity contribution in [1.82, 2.24) is 9.44 Å². The van der Waals surface area contributed by atoms with Crippen molar-refractivity contribution in [3.8, 4) is 72.6 Å². The second-order valence-electron chi connectivity index (χ2n) is 10.6. The Balaban J connectivity index is 0.000000311. The molecule has 4 fully saturated rings. The molecular weight excluding hydrogens is 585 g/mol. The highest BCUT2D eigenvalue weighted by Gasteiger charge is 2.56. The van der Waals surface area contributed by atoms with Crippen LogP contribution in [0.3, 0.4) is 0 Å². The molecule has 8 nitrogen and oxygen atoms in total. The molecule has 0 aromatic heterocycles. The lowest BCUT2D eigenvalue weighted by atomic mass is 10.1. The molecule has 10 heteroatoms. The van der Waals surface area contributed by atoms with Crippen molar-refractivity contribution in [3.63, 3.8) is 0 Å². The fourth-order valence-electron chi connectivity index (χ4n) is 3.62. The van der Waals surface area contributed by atoms with Crippen molar-refractivity contribution in [2.24, 2.45) is 22.7 Å². The van der Waals surface area contributed by atoms with E-state index in [2.05, 4.69) is 75.9 Å². The fourth-order valence-corrected chi connectivity index (χ4v) is 6.45. The molecule has 2 N–H and O–H groups in total. The van der Waals surface area contributed by atoms with Crippen LogP contribution >= 0.6 is 0 Å². The number of rotatable bonds is 8. The lowest BCUT2D eigenvalue weighted by Gasteiger charge is -2.10. The first kappa shape index (κ1) is 36.7. The molecule has 0 saturated heterocycles. The zero-order chi connectivity index (χ0) is 32.9. The average molecular weight is 621 g/mol. The van der Waals surface area contributed by atoms with Gasteiger partial charge in [0.05, 0.1) is 21.3 Å². The molecule has 2 amide bonds. The van der Waals surface area contributed by atoms with Crippen LogP contribution in [0.25, 0.3) is 0 Å². The molecule has 0 aliphatic heterocycles. The molecule has 4 saturated carbocycles. The molecule has 4 aliphatic rings. The minimum absolute atomic E-state index is 0.118. The maximum atomic E-state index is 11.7. The summed E-state index contributed by atoms with van der Waals surface area (Å²) in [6.45, 7) is 12.5. The van der Waals surface area contributed by atoms with Crippen molar-refractivity contribution in [2.45, 2.75) is 69.8 Å². The molecule has 0 aromatic carbocycles. The van der Waals surface area contributed by atoms with Gasteiger partial charge in [0.1, 0.15) is 0 Å². The van der Waals surface area contributed by atoms with Crippen LogP contribution in [-0.2, 0) is 29.6 Å². The summed E-state index contributed by atoms with van der Waals surface area (Å²) in [5, 5.41) is -0.683. The van der Waals surface area contributed by atoms with Gasteiger partial charge in [-0.05, 0) is 105 Å². The Kier molecular flexibility index (Phi) is 13.5. The van der Waals surface area contributed by atoms with Gasteiger partial charge in [0, 0.05) is 0 Å². The van der Waals surface area contributed by atoms with E-state index in [0.29, 0.717) is 38.5 Å². The number of carbonyl (C=O) groups excluding carboxylic acids is 2. The van der Waals surface area contributed by atoms with E-state index in [9.17, 15) is 26.4 Å². The Labute approximate surface area is 257 Å². The Morgan fingerprint density at radius 1 is 0.698 bits per heavy atom. The zero-order valence-electron chi connectivity index (χ0n) is 24.6. The van der Waals surface area contributed by atoms with E-state index >= 15 is 0 Å². The molecule has 0 bridgehead atoms. The third-order valence-electron chi connectivity index (χ3n) is 7.14. The number of allylic oxidation sites excluding steroid dienone is 2. The summed E-state index contributed by atoms with van der Waals surface area (Å²) in [7, 11) is -6.79. The number of carbonyl (C=O) groups is 2. The first-order valence-electron chi connectivity index (χ1n) is 13.3. The van der Waals surface area contributed by atoms with Gasteiger partial charge in [0.25, 0.3) is 0 Å². The van der Waals surface area contributed by atoms with Crippen molar-refractivity contribution in [2.75, 3.05) is 0 Å². The number of hydrogen-bond donors (Lipinski definition) is 2. The molecule has 226 valence electrons. The normalized spacial score (nSPS) is 25.1.